The van der Waals surface area contributed by atoms with E-state index >= 15 is 0 Å². The standard InChI is InChI=1S/C23H44O5/c1-2-3-4-5-6-7-8-9-10-11-12-13-14-15-16-17-27-21-19-28-23(22(21)26)20(25)18-24/h2-3,20-26H,4-19H2,1H3/b3-2+/t20-,21+,22-,23-/m0/s1. The minimum atomic E-state index is -1.05. The summed E-state index contributed by atoms with van der Waals surface area (Å²) in [4.78, 5) is 0. The van der Waals surface area contributed by atoms with E-state index in [0.29, 0.717) is 6.61 Å². The van der Waals surface area contributed by atoms with Crippen molar-refractivity contribution in [2.24, 2.45) is 0 Å². The van der Waals surface area contributed by atoms with E-state index in [1.807, 2.05) is 0 Å². The van der Waals surface area contributed by atoms with E-state index in [0.717, 1.165) is 12.8 Å². The Labute approximate surface area is 172 Å². The predicted octanol–water partition coefficient (Wildman–Crippen LogP) is 4.13. The van der Waals surface area contributed by atoms with Crippen LogP contribution < -0.4 is 0 Å². The maximum atomic E-state index is 10.1. The molecule has 0 aliphatic carbocycles. The average molecular weight is 401 g/mol. The van der Waals surface area contributed by atoms with Crippen LogP contribution in [0.2, 0.25) is 0 Å². The molecular weight excluding hydrogens is 356 g/mol. The summed E-state index contributed by atoms with van der Waals surface area (Å²) in [5, 5.41) is 28.6. The molecule has 0 radical (unpaired) electrons. The highest BCUT2D eigenvalue weighted by Gasteiger charge is 2.40. The molecule has 1 aliphatic heterocycles. The molecule has 0 bridgehead atoms. The van der Waals surface area contributed by atoms with Gasteiger partial charge in [0.25, 0.3) is 0 Å². The maximum Gasteiger partial charge on any atom is 0.114 e. The Bertz CT molecular complexity index is 374. The largest absolute Gasteiger partial charge is 0.394 e. The van der Waals surface area contributed by atoms with E-state index < -0.39 is 31.0 Å². The molecule has 1 aliphatic rings. The average Bonchev–Trinajstić information content (AvgIpc) is 3.07. The van der Waals surface area contributed by atoms with Crippen molar-refractivity contribution in [3.05, 3.63) is 12.2 Å². The van der Waals surface area contributed by atoms with Gasteiger partial charge in [0.05, 0.1) is 13.2 Å². The molecule has 5 nitrogen and oxygen atoms in total. The van der Waals surface area contributed by atoms with Crippen molar-refractivity contribution >= 4 is 0 Å². The number of rotatable bonds is 18. The Kier molecular flexibility index (Phi) is 15.9. The zero-order valence-corrected chi connectivity index (χ0v) is 17.9. The van der Waals surface area contributed by atoms with Crippen LogP contribution in [0.3, 0.4) is 0 Å². The summed E-state index contributed by atoms with van der Waals surface area (Å²) >= 11 is 0. The fourth-order valence-corrected chi connectivity index (χ4v) is 3.74. The normalized spacial score (nSPS) is 23.6. The lowest BCUT2D eigenvalue weighted by Crippen LogP contribution is -2.41. The van der Waals surface area contributed by atoms with Gasteiger partial charge >= 0.3 is 0 Å². The highest BCUT2D eigenvalue weighted by molar-refractivity contribution is 4.88. The molecule has 4 atom stereocenters. The van der Waals surface area contributed by atoms with Crippen LogP contribution in [0.15, 0.2) is 12.2 Å². The van der Waals surface area contributed by atoms with Gasteiger partial charge in [0.15, 0.2) is 0 Å². The van der Waals surface area contributed by atoms with E-state index in [-0.39, 0.29) is 6.61 Å². The van der Waals surface area contributed by atoms with Crippen molar-refractivity contribution in [3.63, 3.8) is 0 Å². The molecule has 0 spiro atoms. The second kappa shape index (κ2) is 17.4. The van der Waals surface area contributed by atoms with Gasteiger partial charge in [-0.1, -0.05) is 76.4 Å². The van der Waals surface area contributed by atoms with Crippen LogP contribution in [0, 0.1) is 0 Å². The van der Waals surface area contributed by atoms with Crippen LogP contribution >= 0.6 is 0 Å². The fourth-order valence-electron chi connectivity index (χ4n) is 3.74. The molecule has 1 saturated heterocycles. The Balaban J connectivity index is 1.81. The number of aliphatic hydroxyl groups excluding tert-OH is 3. The molecule has 0 saturated carbocycles. The summed E-state index contributed by atoms with van der Waals surface area (Å²) in [5.41, 5.74) is 0. The first kappa shape index (κ1) is 25.6. The van der Waals surface area contributed by atoms with Crippen molar-refractivity contribution < 1.29 is 24.8 Å². The van der Waals surface area contributed by atoms with Crippen LogP contribution in [-0.2, 0) is 9.47 Å². The molecule has 0 amide bonds. The summed E-state index contributed by atoms with van der Waals surface area (Å²) in [6.07, 6.45) is 18.2. The topological polar surface area (TPSA) is 79.2 Å². The summed E-state index contributed by atoms with van der Waals surface area (Å²) in [7, 11) is 0. The molecule has 5 heteroatoms. The number of hydrogen-bond acceptors (Lipinski definition) is 5. The van der Waals surface area contributed by atoms with Gasteiger partial charge in [-0.2, -0.15) is 0 Å². The van der Waals surface area contributed by atoms with Gasteiger partial charge in [-0.15, -0.1) is 0 Å². The molecule has 1 fully saturated rings. The molecule has 0 aromatic heterocycles. The monoisotopic (exact) mass is 400 g/mol. The van der Waals surface area contributed by atoms with Crippen LogP contribution in [0.5, 0.6) is 0 Å². The zero-order valence-electron chi connectivity index (χ0n) is 17.9. The summed E-state index contributed by atoms with van der Waals surface area (Å²) in [6.45, 7) is 2.57. The molecule has 0 aromatic carbocycles. The SMILES string of the molecule is C/C=C/CCCCCCCCCCCCCCO[C@@H]1CO[C@@H]([C@@H](O)CO)[C@H]1O. The lowest BCUT2D eigenvalue weighted by molar-refractivity contribution is -0.0730. The van der Waals surface area contributed by atoms with Crippen molar-refractivity contribution in [3.8, 4) is 0 Å². The molecular formula is C23H44O5. The van der Waals surface area contributed by atoms with Gasteiger partial charge < -0.3 is 24.8 Å². The third-order valence-electron chi connectivity index (χ3n) is 5.57. The van der Waals surface area contributed by atoms with E-state index in [1.165, 1.54) is 70.6 Å². The predicted molar refractivity (Wildman–Crippen MR) is 113 cm³/mol. The van der Waals surface area contributed by atoms with Crippen LogP contribution in [0.4, 0.5) is 0 Å². The van der Waals surface area contributed by atoms with Crippen molar-refractivity contribution in [2.45, 2.75) is 115 Å². The quantitative estimate of drug-likeness (QED) is 0.238. The van der Waals surface area contributed by atoms with Crippen LogP contribution in [-0.4, -0.2) is 59.6 Å². The molecule has 0 unspecified atom stereocenters. The molecule has 1 heterocycles. The number of unbranched alkanes of at least 4 members (excludes halogenated alkanes) is 12. The summed E-state index contributed by atoms with van der Waals surface area (Å²) in [6, 6.07) is 0. The minimum Gasteiger partial charge on any atom is -0.394 e. The molecule has 28 heavy (non-hydrogen) atoms. The van der Waals surface area contributed by atoms with Crippen molar-refractivity contribution in [2.75, 3.05) is 19.8 Å². The first-order chi connectivity index (χ1) is 13.7. The van der Waals surface area contributed by atoms with Crippen molar-refractivity contribution in [1.82, 2.24) is 0 Å². The Morgan fingerprint density at radius 3 is 2.00 bits per heavy atom. The van der Waals surface area contributed by atoms with Gasteiger partial charge in [0.1, 0.15) is 24.4 Å². The number of ether oxygens (including phenoxy) is 2. The summed E-state index contributed by atoms with van der Waals surface area (Å²) in [5.74, 6) is 0. The lowest BCUT2D eigenvalue weighted by Gasteiger charge is -2.20. The van der Waals surface area contributed by atoms with Crippen LogP contribution in [0.1, 0.15) is 90.4 Å². The number of hydrogen-bond donors (Lipinski definition) is 3. The minimum absolute atomic E-state index is 0.276. The third kappa shape index (κ3) is 11.5. The second-order valence-corrected chi connectivity index (χ2v) is 8.05. The molecule has 3 N–H and O–H groups in total. The Hall–Kier alpha value is -0.460. The van der Waals surface area contributed by atoms with Gasteiger partial charge in [0.2, 0.25) is 0 Å². The van der Waals surface area contributed by atoms with Gasteiger partial charge in [-0.25, -0.2) is 0 Å². The van der Waals surface area contributed by atoms with Crippen LogP contribution in [0.25, 0.3) is 0 Å². The molecule has 166 valence electrons. The van der Waals surface area contributed by atoms with Gasteiger partial charge in [-0.05, 0) is 26.2 Å². The fraction of sp³-hybridized carbons (Fsp3) is 0.913. The van der Waals surface area contributed by atoms with E-state index in [2.05, 4.69) is 19.1 Å². The van der Waals surface area contributed by atoms with E-state index in [4.69, 9.17) is 14.6 Å². The second-order valence-electron chi connectivity index (χ2n) is 8.05. The highest BCUT2D eigenvalue weighted by Crippen LogP contribution is 2.20. The Morgan fingerprint density at radius 1 is 0.929 bits per heavy atom. The van der Waals surface area contributed by atoms with Crippen molar-refractivity contribution in [1.29, 1.82) is 0 Å². The smallest absolute Gasteiger partial charge is 0.114 e. The summed E-state index contributed by atoms with van der Waals surface area (Å²) < 4.78 is 11.0. The van der Waals surface area contributed by atoms with Gasteiger partial charge in [0, 0.05) is 6.61 Å². The number of aliphatic hydroxyl groups is 3. The first-order valence-electron chi connectivity index (χ1n) is 11.5. The van der Waals surface area contributed by atoms with E-state index in [9.17, 15) is 10.2 Å². The van der Waals surface area contributed by atoms with E-state index in [1.54, 1.807) is 0 Å². The first-order valence-corrected chi connectivity index (χ1v) is 11.5. The zero-order chi connectivity index (χ0) is 20.5. The Morgan fingerprint density at radius 2 is 1.46 bits per heavy atom. The number of allylic oxidation sites excluding steroid dienone is 2. The third-order valence-corrected chi connectivity index (χ3v) is 5.57. The highest BCUT2D eigenvalue weighted by atomic mass is 16.6. The molecule has 1 rings (SSSR count). The lowest BCUT2D eigenvalue weighted by atomic mass is 10.0. The maximum absolute atomic E-state index is 10.1. The van der Waals surface area contributed by atoms with Gasteiger partial charge in [-0.3, -0.25) is 0 Å². The molecule has 0 aromatic rings.